The van der Waals surface area contributed by atoms with Crippen LogP contribution in [0.1, 0.15) is 46.0 Å². The third-order valence-electron chi connectivity index (χ3n) is 4.37. The Balaban J connectivity index is 0.00000185. The fraction of sp³-hybridized carbons (Fsp3) is 0.650. The lowest BCUT2D eigenvalue weighted by atomic mass is 9.99. The van der Waals surface area contributed by atoms with Crippen LogP contribution in [0.25, 0.3) is 0 Å². The molecule has 2 rings (SSSR count). The Hall–Kier alpha value is -1.39. The Bertz CT molecular complexity index is 422. The zero-order valence-corrected chi connectivity index (χ0v) is 15.4. The minimum absolute atomic E-state index is 0. The standard InChI is InChI=1S/C19H32N2O.CH2O.H2/c1-3-4-5-6-7-12-22-19-10-8-17(9-11-19)14-21-15-18(16-21)13-20-2;1-2;/h8-11,18,20H,3-7,12-16H2,1-2H3;1H2;1H. The first kappa shape index (κ1) is 20.7. The highest BCUT2D eigenvalue weighted by molar-refractivity contribution is 5.27. The first-order valence-electron chi connectivity index (χ1n) is 9.19. The van der Waals surface area contributed by atoms with E-state index < -0.39 is 0 Å². The monoisotopic (exact) mass is 336 g/mol. The van der Waals surface area contributed by atoms with Crippen molar-refractivity contribution in [1.29, 1.82) is 0 Å². The molecule has 1 aliphatic rings. The van der Waals surface area contributed by atoms with Crippen molar-refractivity contribution in [2.75, 3.05) is 33.3 Å². The molecule has 1 fully saturated rings. The first-order chi connectivity index (χ1) is 11.8. The van der Waals surface area contributed by atoms with Crippen molar-refractivity contribution in [2.45, 2.75) is 45.6 Å². The fourth-order valence-corrected chi connectivity index (χ4v) is 3.07. The highest BCUT2D eigenvalue weighted by Crippen LogP contribution is 2.20. The molecule has 0 aliphatic carbocycles. The Kier molecular flexibility index (Phi) is 11.2. The third kappa shape index (κ3) is 7.93. The van der Waals surface area contributed by atoms with Gasteiger partial charge in [-0.15, -0.1) is 0 Å². The molecule has 0 aromatic heterocycles. The summed E-state index contributed by atoms with van der Waals surface area (Å²) in [6.45, 7) is 9.74. The molecule has 138 valence electrons. The van der Waals surface area contributed by atoms with Gasteiger partial charge in [-0.1, -0.05) is 44.7 Å². The van der Waals surface area contributed by atoms with Crippen LogP contribution in [0.4, 0.5) is 0 Å². The van der Waals surface area contributed by atoms with Crippen molar-refractivity contribution < 1.29 is 11.0 Å². The van der Waals surface area contributed by atoms with E-state index in [1.54, 1.807) is 0 Å². The van der Waals surface area contributed by atoms with Crippen LogP contribution in [0, 0.1) is 5.92 Å². The van der Waals surface area contributed by atoms with Crippen molar-refractivity contribution in [3.05, 3.63) is 29.8 Å². The molecule has 1 aromatic rings. The number of rotatable bonds is 11. The first-order valence-corrected chi connectivity index (χ1v) is 9.19. The lowest BCUT2D eigenvalue weighted by Gasteiger charge is -2.39. The molecule has 4 heteroatoms. The normalized spacial score (nSPS) is 14.6. The quantitative estimate of drug-likeness (QED) is 0.625. The van der Waals surface area contributed by atoms with Crippen LogP contribution in [0.5, 0.6) is 5.75 Å². The van der Waals surface area contributed by atoms with Gasteiger partial charge >= 0.3 is 0 Å². The molecule has 1 saturated heterocycles. The molecule has 1 aromatic carbocycles. The summed E-state index contributed by atoms with van der Waals surface area (Å²) in [6.07, 6.45) is 6.44. The van der Waals surface area contributed by atoms with Gasteiger partial charge in [0.05, 0.1) is 6.61 Å². The average molecular weight is 337 g/mol. The second kappa shape index (κ2) is 13.0. The van der Waals surface area contributed by atoms with Crippen LogP contribution in [-0.4, -0.2) is 45.0 Å². The molecule has 24 heavy (non-hydrogen) atoms. The van der Waals surface area contributed by atoms with Crippen molar-refractivity contribution in [3.63, 3.8) is 0 Å². The largest absolute Gasteiger partial charge is 0.494 e. The number of ether oxygens (including phenoxy) is 1. The Morgan fingerprint density at radius 1 is 1.17 bits per heavy atom. The molecule has 0 bridgehead atoms. The fourth-order valence-electron chi connectivity index (χ4n) is 3.07. The predicted molar refractivity (Wildman–Crippen MR) is 103 cm³/mol. The zero-order chi connectivity index (χ0) is 17.6. The smallest absolute Gasteiger partial charge is 0.119 e. The summed E-state index contributed by atoms with van der Waals surface area (Å²) in [7, 11) is 2.03. The highest BCUT2D eigenvalue weighted by atomic mass is 16.5. The summed E-state index contributed by atoms with van der Waals surface area (Å²) < 4.78 is 5.81. The molecule has 0 atom stereocenters. The molecular weight excluding hydrogens is 300 g/mol. The van der Waals surface area contributed by atoms with E-state index in [4.69, 9.17) is 9.53 Å². The maximum atomic E-state index is 8.00. The maximum Gasteiger partial charge on any atom is 0.119 e. The lowest BCUT2D eigenvalue weighted by Crippen LogP contribution is -2.49. The maximum absolute atomic E-state index is 8.00. The summed E-state index contributed by atoms with van der Waals surface area (Å²) in [6, 6.07) is 8.65. The molecule has 1 aliphatic heterocycles. The summed E-state index contributed by atoms with van der Waals surface area (Å²) in [5.41, 5.74) is 1.39. The van der Waals surface area contributed by atoms with Crippen LogP contribution in [0.2, 0.25) is 0 Å². The molecular formula is C20H36N2O2. The van der Waals surface area contributed by atoms with Gasteiger partial charge < -0.3 is 14.8 Å². The van der Waals surface area contributed by atoms with Crippen LogP contribution >= 0.6 is 0 Å². The number of hydrogen-bond acceptors (Lipinski definition) is 4. The number of likely N-dealkylation sites (tertiary alicyclic amines) is 1. The molecule has 0 radical (unpaired) electrons. The number of carbonyl (C=O) groups excluding carboxylic acids is 1. The second-order valence-electron chi connectivity index (χ2n) is 6.52. The number of nitrogens with zero attached hydrogens (tertiary/aromatic N) is 1. The van der Waals surface area contributed by atoms with Gasteiger partial charge in [0.2, 0.25) is 0 Å². The van der Waals surface area contributed by atoms with E-state index in [1.807, 2.05) is 13.8 Å². The van der Waals surface area contributed by atoms with E-state index in [9.17, 15) is 0 Å². The summed E-state index contributed by atoms with van der Waals surface area (Å²) in [5, 5.41) is 3.25. The predicted octanol–water partition coefficient (Wildman–Crippen LogP) is 3.75. The number of unbranched alkanes of at least 4 members (excludes halogenated alkanes) is 4. The Labute approximate surface area is 149 Å². The van der Waals surface area contributed by atoms with E-state index in [1.165, 1.54) is 50.8 Å². The Morgan fingerprint density at radius 2 is 1.83 bits per heavy atom. The molecule has 1 N–H and O–H groups in total. The molecule has 0 unspecified atom stereocenters. The van der Waals surface area contributed by atoms with Gasteiger partial charge in [0.25, 0.3) is 0 Å². The Morgan fingerprint density at radius 3 is 2.46 bits per heavy atom. The average Bonchev–Trinajstić information content (AvgIpc) is 2.59. The number of nitrogens with one attached hydrogen (secondary N) is 1. The number of benzene rings is 1. The summed E-state index contributed by atoms with van der Waals surface area (Å²) in [5.74, 6) is 1.84. The zero-order valence-electron chi connectivity index (χ0n) is 15.4. The van der Waals surface area contributed by atoms with Crippen molar-refractivity contribution in [3.8, 4) is 5.75 Å². The van der Waals surface area contributed by atoms with Gasteiger partial charge in [0.15, 0.2) is 0 Å². The van der Waals surface area contributed by atoms with Gasteiger partial charge in [-0.3, -0.25) is 4.90 Å². The summed E-state index contributed by atoms with van der Waals surface area (Å²) in [4.78, 5) is 10.5. The van der Waals surface area contributed by atoms with Gasteiger partial charge in [-0.05, 0) is 37.1 Å². The van der Waals surface area contributed by atoms with Gasteiger partial charge in [-0.25, -0.2) is 0 Å². The molecule has 1 heterocycles. The van der Waals surface area contributed by atoms with Gasteiger partial charge in [0.1, 0.15) is 12.5 Å². The summed E-state index contributed by atoms with van der Waals surface area (Å²) >= 11 is 0. The lowest BCUT2D eigenvalue weighted by molar-refractivity contribution is -0.0979. The van der Waals surface area contributed by atoms with Crippen molar-refractivity contribution >= 4 is 6.79 Å². The molecule has 4 nitrogen and oxygen atoms in total. The van der Waals surface area contributed by atoms with Crippen LogP contribution in [0.3, 0.4) is 0 Å². The van der Waals surface area contributed by atoms with E-state index in [0.717, 1.165) is 31.4 Å². The van der Waals surface area contributed by atoms with Crippen molar-refractivity contribution in [2.24, 2.45) is 5.92 Å². The van der Waals surface area contributed by atoms with Gasteiger partial charge in [-0.2, -0.15) is 0 Å². The highest BCUT2D eigenvalue weighted by Gasteiger charge is 2.25. The minimum atomic E-state index is 0. The minimum Gasteiger partial charge on any atom is -0.494 e. The van der Waals surface area contributed by atoms with E-state index in [0.29, 0.717) is 0 Å². The second-order valence-corrected chi connectivity index (χ2v) is 6.52. The number of hydrogen-bond donors (Lipinski definition) is 1. The van der Waals surface area contributed by atoms with Crippen molar-refractivity contribution in [1.82, 2.24) is 10.2 Å². The molecule has 0 amide bonds. The van der Waals surface area contributed by atoms with Crippen LogP contribution in [0.15, 0.2) is 24.3 Å². The van der Waals surface area contributed by atoms with E-state index in [-0.39, 0.29) is 1.43 Å². The molecule has 0 saturated carbocycles. The number of carbonyl (C=O) groups is 1. The van der Waals surface area contributed by atoms with E-state index >= 15 is 0 Å². The van der Waals surface area contributed by atoms with Gasteiger partial charge in [0, 0.05) is 27.6 Å². The third-order valence-corrected chi connectivity index (χ3v) is 4.37. The van der Waals surface area contributed by atoms with E-state index in [2.05, 4.69) is 41.4 Å². The molecule has 0 spiro atoms. The van der Waals surface area contributed by atoms with Crippen LogP contribution < -0.4 is 10.1 Å². The topological polar surface area (TPSA) is 41.6 Å². The SMILES string of the molecule is C=O.CCCCCCCOc1ccc(CN2CC(CNC)C2)cc1.[HH]. The van der Waals surface area contributed by atoms with Crippen LogP contribution in [-0.2, 0) is 11.3 Å².